The van der Waals surface area contributed by atoms with Gasteiger partial charge in [0.1, 0.15) is 23.7 Å². The summed E-state index contributed by atoms with van der Waals surface area (Å²) >= 11 is 0. The second-order valence-corrected chi connectivity index (χ2v) is 3.68. The molecule has 0 fully saturated rings. The lowest BCUT2D eigenvalue weighted by Crippen LogP contribution is -2.04. The lowest BCUT2D eigenvalue weighted by Gasteiger charge is -2.09. The van der Waals surface area contributed by atoms with E-state index in [-0.39, 0.29) is 23.7 Å². The Morgan fingerprint density at radius 2 is 1.78 bits per heavy atom. The predicted octanol–water partition coefficient (Wildman–Crippen LogP) is 3.10. The van der Waals surface area contributed by atoms with Crippen molar-refractivity contribution in [2.75, 3.05) is 0 Å². The topological polar surface area (TPSA) is 46.5 Å². The minimum absolute atomic E-state index is 0.00301. The summed E-state index contributed by atoms with van der Waals surface area (Å²) < 4.78 is 18.7. The number of carbonyl (C=O) groups is 1. The largest absolute Gasteiger partial charge is 0.488 e. The molecule has 0 radical (unpaired) electrons. The van der Waals surface area contributed by atoms with Gasteiger partial charge < -0.3 is 9.84 Å². The molecular weight excluding hydrogens is 235 g/mol. The van der Waals surface area contributed by atoms with Crippen molar-refractivity contribution in [3.63, 3.8) is 0 Å². The van der Waals surface area contributed by atoms with E-state index in [4.69, 9.17) is 9.84 Å². The average Bonchev–Trinajstić information content (AvgIpc) is 2.38. The van der Waals surface area contributed by atoms with E-state index in [1.54, 1.807) is 36.4 Å². The average molecular weight is 246 g/mol. The first-order chi connectivity index (χ1) is 8.68. The molecule has 0 saturated heterocycles. The number of aromatic carboxylic acids is 1. The highest BCUT2D eigenvalue weighted by Gasteiger charge is 2.10. The van der Waals surface area contributed by atoms with Gasteiger partial charge >= 0.3 is 5.97 Å². The lowest BCUT2D eigenvalue weighted by atomic mass is 10.2. The molecule has 2 aromatic carbocycles. The fourth-order valence-electron chi connectivity index (χ4n) is 1.54. The van der Waals surface area contributed by atoms with Gasteiger partial charge in [0.15, 0.2) is 0 Å². The van der Waals surface area contributed by atoms with Crippen LogP contribution in [0.5, 0.6) is 5.75 Å². The highest BCUT2D eigenvalue weighted by atomic mass is 19.1. The van der Waals surface area contributed by atoms with E-state index in [1.807, 2.05) is 0 Å². The van der Waals surface area contributed by atoms with Crippen molar-refractivity contribution < 1.29 is 19.0 Å². The van der Waals surface area contributed by atoms with Gasteiger partial charge in [-0.05, 0) is 18.2 Å². The molecule has 1 N–H and O–H groups in total. The standard InChI is InChI=1S/C14H11FO3/c15-12-7-3-1-5-10(12)9-18-13-8-4-2-6-11(13)14(16)17/h1-8H,9H2,(H,16,17). The molecule has 18 heavy (non-hydrogen) atoms. The van der Waals surface area contributed by atoms with Crippen LogP contribution in [0.4, 0.5) is 4.39 Å². The van der Waals surface area contributed by atoms with Gasteiger partial charge in [-0.15, -0.1) is 0 Å². The van der Waals surface area contributed by atoms with Crippen LogP contribution < -0.4 is 4.74 Å². The van der Waals surface area contributed by atoms with Crippen molar-refractivity contribution >= 4 is 5.97 Å². The number of ether oxygens (including phenoxy) is 1. The molecule has 0 spiro atoms. The second kappa shape index (κ2) is 5.31. The first kappa shape index (κ1) is 12.1. The third kappa shape index (κ3) is 2.66. The summed E-state index contributed by atoms with van der Waals surface area (Å²) in [5, 5.41) is 8.96. The van der Waals surface area contributed by atoms with Gasteiger partial charge in [-0.3, -0.25) is 0 Å². The number of rotatable bonds is 4. The van der Waals surface area contributed by atoms with Crippen LogP contribution >= 0.6 is 0 Å². The van der Waals surface area contributed by atoms with E-state index in [1.165, 1.54) is 12.1 Å². The highest BCUT2D eigenvalue weighted by Crippen LogP contribution is 2.19. The molecule has 0 aliphatic carbocycles. The van der Waals surface area contributed by atoms with Crippen LogP contribution in [-0.4, -0.2) is 11.1 Å². The molecular formula is C14H11FO3. The molecule has 0 heterocycles. The Morgan fingerprint density at radius 1 is 1.11 bits per heavy atom. The van der Waals surface area contributed by atoms with Crippen molar-refractivity contribution in [2.45, 2.75) is 6.61 Å². The highest BCUT2D eigenvalue weighted by molar-refractivity contribution is 5.90. The number of carboxylic acid groups (broad SMARTS) is 1. The minimum atomic E-state index is -1.07. The van der Waals surface area contributed by atoms with Crippen molar-refractivity contribution in [3.05, 3.63) is 65.5 Å². The van der Waals surface area contributed by atoms with Crippen LogP contribution in [0, 0.1) is 5.82 Å². The summed E-state index contributed by atoms with van der Waals surface area (Å²) in [6.07, 6.45) is 0. The van der Waals surface area contributed by atoms with Crippen molar-refractivity contribution in [1.29, 1.82) is 0 Å². The molecule has 0 unspecified atom stereocenters. The van der Waals surface area contributed by atoms with E-state index in [9.17, 15) is 9.18 Å². The molecule has 92 valence electrons. The number of carboxylic acids is 1. The first-order valence-corrected chi connectivity index (χ1v) is 5.37. The summed E-state index contributed by atoms with van der Waals surface area (Å²) in [7, 11) is 0. The Hall–Kier alpha value is -2.36. The SMILES string of the molecule is O=C(O)c1ccccc1OCc1ccccc1F. The minimum Gasteiger partial charge on any atom is -0.488 e. The van der Waals surface area contributed by atoms with Gasteiger partial charge in [-0.1, -0.05) is 30.3 Å². The Balaban J connectivity index is 2.16. The predicted molar refractivity (Wildman–Crippen MR) is 64.1 cm³/mol. The number of benzene rings is 2. The van der Waals surface area contributed by atoms with E-state index in [0.717, 1.165) is 0 Å². The molecule has 0 saturated carbocycles. The Morgan fingerprint density at radius 3 is 2.50 bits per heavy atom. The first-order valence-electron chi connectivity index (χ1n) is 5.37. The van der Waals surface area contributed by atoms with Gasteiger partial charge in [0, 0.05) is 5.56 Å². The maximum atomic E-state index is 13.4. The van der Waals surface area contributed by atoms with Crippen LogP contribution in [0.15, 0.2) is 48.5 Å². The van der Waals surface area contributed by atoms with Gasteiger partial charge in [0.2, 0.25) is 0 Å². The van der Waals surface area contributed by atoms with Crippen LogP contribution in [0.2, 0.25) is 0 Å². The van der Waals surface area contributed by atoms with Gasteiger partial charge in [-0.25, -0.2) is 9.18 Å². The molecule has 0 aliphatic rings. The van der Waals surface area contributed by atoms with Crippen LogP contribution in [0.1, 0.15) is 15.9 Å². The maximum absolute atomic E-state index is 13.4. The van der Waals surface area contributed by atoms with Gasteiger partial charge in [-0.2, -0.15) is 0 Å². The second-order valence-electron chi connectivity index (χ2n) is 3.68. The lowest BCUT2D eigenvalue weighted by molar-refractivity contribution is 0.0691. The van der Waals surface area contributed by atoms with E-state index >= 15 is 0 Å². The number of hydrogen-bond donors (Lipinski definition) is 1. The van der Waals surface area contributed by atoms with E-state index in [2.05, 4.69) is 0 Å². The molecule has 0 aromatic heterocycles. The summed E-state index contributed by atoms with van der Waals surface area (Å²) in [5.74, 6) is -1.21. The zero-order valence-electron chi connectivity index (χ0n) is 9.47. The number of halogens is 1. The Labute approximate surface area is 103 Å². The molecule has 0 amide bonds. The van der Waals surface area contributed by atoms with E-state index in [0.29, 0.717) is 5.56 Å². The normalized spacial score (nSPS) is 10.1. The van der Waals surface area contributed by atoms with Gasteiger partial charge in [0.25, 0.3) is 0 Å². The molecule has 0 atom stereocenters. The Bertz CT molecular complexity index is 566. The summed E-state index contributed by atoms with van der Waals surface area (Å²) in [6, 6.07) is 12.5. The van der Waals surface area contributed by atoms with Crippen LogP contribution in [-0.2, 0) is 6.61 Å². The fourth-order valence-corrected chi connectivity index (χ4v) is 1.54. The van der Waals surface area contributed by atoms with Gasteiger partial charge in [0.05, 0.1) is 0 Å². The van der Waals surface area contributed by atoms with Crippen molar-refractivity contribution in [2.24, 2.45) is 0 Å². The number of hydrogen-bond acceptors (Lipinski definition) is 2. The monoisotopic (exact) mass is 246 g/mol. The van der Waals surface area contributed by atoms with E-state index < -0.39 is 5.97 Å². The van der Waals surface area contributed by atoms with Crippen LogP contribution in [0.25, 0.3) is 0 Å². The third-order valence-corrected chi connectivity index (χ3v) is 2.46. The summed E-state index contributed by atoms with van der Waals surface area (Å²) in [4.78, 5) is 10.9. The zero-order chi connectivity index (χ0) is 13.0. The molecule has 0 bridgehead atoms. The van der Waals surface area contributed by atoms with Crippen LogP contribution in [0.3, 0.4) is 0 Å². The number of para-hydroxylation sites is 1. The fraction of sp³-hybridized carbons (Fsp3) is 0.0714. The molecule has 2 aromatic rings. The maximum Gasteiger partial charge on any atom is 0.339 e. The molecule has 0 aliphatic heterocycles. The quantitative estimate of drug-likeness (QED) is 0.901. The van der Waals surface area contributed by atoms with Crippen molar-refractivity contribution in [1.82, 2.24) is 0 Å². The summed E-state index contributed by atoms with van der Waals surface area (Å²) in [5.41, 5.74) is 0.450. The van der Waals surface area contributed by atoms with Crippen molar-refractivity contribution in [3.8, 4) is 5.75 Å². The molecule has 3 nitrogen and oxygen atoms in total. The third-order valence-electron chi connectivity index (χ3n) is 2.46. The Kier molecular flexibility index (Phi) is 3.57. The molecule has 4 heteroatoms. The summed E-state index contributed by atoms with van der Waals surface area (Å²) in [6.45, 7) is -0.00301. The smallest absolute Gasteiger partial charge is 0.339 e. The zero-order valence-corrected chi connectivity index (χ0v) is 9.47. The molecule has 2 rings (SSSR count).